The minimum Gasteiger partial charge on any atom is -0.497 e. The molecule has 0 saturated carbocycles. The Hall–Kier alpha value is -2.25. The molecule has 0 bridgehead atoms. The molecule has 3 aromatic rings. The van der Waals surface area contributed by atoms with Gasteiger partial charge in [-0.1, -0.05) is 20.8 Å². The molecule has 1 aliphatic heterocycles. The molecule has 0 unspecified atom stereocenters. The number of hydrogen-bond acceptors (Lipinski definition) is 8. The number of aliphatic hydroxyl groups is 1. The first kappa shape index (κ1) is 28.7. The number of hydrogen-bond donors (Lipinski definition) is 2. The molecule has 2 N–H and O–H groups in total. The summed E-state index contributed by atoms with van der Waals surface area (Å²) in [6, 6.07) is 5.60. The fourth-order valence-electron chi connectivity index (χ4n) is 4.27. The van der Waals surface area contributed by atoms with Crippen molar-refractivity contribution in [3.63, 3.8) is 0 Å². The first-order chi connectivity index (χ1) is 17.9. The Balaban J connectivity index is 1.62. The van der Waals surface area contributed by atoms with E-state index in [0.717, 1.165) is 5.56 Å². The van der Waals surface area contributed by atoms with Crippen LogP contribution in [-0.2, 0) is 15.7 Å². The zero-order valence-electron chi connectivity index (χ0n) is 22.8. The van der Waals surface area contributed by atoms with E-state index in [1.807, 2.05) is 18.2 Å². The van der Waals surface area contributed by atoms with Crippen molar-refractivity contribution in [2.24, 2.45) is 0 Å². The maximum Gasteiger partial charge on any atom is 0.192 e. The van der Waals surface area contributed by atoms with Gasteiger partial charge in [-0.15, -0.1) is 0 Å². The topological polar surface area (TPSA) is 99.9 Å². The van der Waals surface area contributed by atoms with Gasteiger partial charge in [-0.25, -0.2) is 14.4 Å². The van der Waals surface area contributed by atoms with E-state index in [1.54, 1.807) is 25.0 Å². The van der Waals surface area contributed by atoms with Crippen molar-refractivity contribution in [2.45, 2.75) is 70.1 Å². The van der Waals surface area contributed by atoms with Crippen molar-refractivity contribution in [1.82, 2.24) is 14.5 Å². The predicted molar refractivity (Wildman–Crippen MR) is 150 cm³/mol. The van der Waals surface area contributed by atoms with Crippen molar-refractivity contribution in [2.75, 3.05) is 26.1 Å². The van der Waals surface area contributed by atoms with Crippen molar-refractivity contribution in [3.8, 4) is 11.5 Å². The van der Waals surface area contributed by atoms with Crippen LogP contribution in [0.5, 0.6) is 11.5 Å². The Kier molecular flexibility index (Phi) is 8.39. The van der Waals surface area contributed by atoms with Crippen LogP contribution in [0.1, 0.15) is 32.6 Å². The van der Waals surface area contributed by atoms with Gasteiger partial charge in [0.25, 0.3) is 0 Å². The zero-order valence-corrected chi connectivity index (χ0v) is 25.4. The highest BCUT2D eigenvalue weighted by atomic mass is 79.9. The molecule has 1 aliphatic rings. The molecule has 1 aromatic carbocycles. The van der Waals surface area contributed by atoms with E-state index in [-0.39, 0.29) is 11.6 Å². The molecule has 2 aromatic heterocycles. The number of benzene rings is 1. The van der Waals surface area contributed by atoms with Gasteiger partial charge in [0, 0.05) is 28.8 Å². The van der Waals surface area contributed by atoms with Gasteiger partial charge in [0.2, 0.25) is 0 Å². The Morgan fingerprint density at radius 3 is 2.58 bits per heavy atom. The Labute approximate surface area is 231 Å². The molecular weight excluding hydrogens is 575 g/mol. The molecule has 0 radical (unpaired) electrons. The number of nitrogens with one attached hydrogen (secondary N) is 1. The van der Waals surface area contributed by atoms with Crippen LogP contribution in [-0.4, -0.2) is 67.2 Å². The van der Waals surface area contributed by atoms with Crippen molar-refractivity contribution >= 4 is 41.1 Å². The summed E-state index contributed by atoms with van der Waals surface area (Å²) in [5, 5.41) is 13.9. The summed E-state index contributed by atoms with van der Waals surface area (Å²) in [7, 11) is 0.892. The van der Waals surface area contributed by atoms with E-state index >= 15 is 4.39 Å². The first-order valence-corrected chi connectivity index (χ1v) is 16.2. The number of nitrogens with zero attached hydrogens (tertiary/aromatic N) is 3. The highest BCUT2D eigenvalue weighted by Gasteiger charge is 2.51. The molecule has 9 nitrogen and oxygen atoms in total. The van der Waals surface area contributed by atoms with E-state index in [0.29, 0.717) is 39.4 Å². The van der Waals surface area contributed by atoms with Gasteiger partial charge in [-0.05, 0) is 46.2 Å². The van der Waals surface area contributed by atoms with Gasteiger partial charge >= 0.3 is 0 Å². The van der Waals surface area contributed by atoms with Gasteiger partial charge < -0.3 is 33.6 Å². The molecule has 12 heteroatoms. The summed E-state index contributed by atoms with van der Waals surface area (Å²) in [5.41, 5.74) is 1.41. The zero-order chi connectivity index (χ0) is 27.8. The fourth-order valence-corrected chi connectivity index (χ4v) is 6.17. The number of fused-ring (bicyclic) bond motifs is 1. The summed E-state index contributed by atoms with van der Waals surface area (Å²) >= 11 is 3.60. The Morgan fingerprint density at radius 1 is 1.21 bits per heavy atom. The summed E-state index contributed by atoms with van der Waals surface area (Å²) in [6.45, 7) is 10.5. The molecule has 0 spiro atoms. The van der Waals surface area contributed by atoms with Crippen LogP contribution in [0.15, 0.2) is 35.2 Å². The molecule has 38 heavy (non-hydrogen) atoms. The number of methoxy groups -OCH3 is 2. The number of aliphatic hydroxyl groups excluding tert-OH is 1. The second kappa shape index (κ2) is 11.1. The lowest BCUT2D eigenvalue weighted by Crippen LogP contribution is -2.49. The third-order valence-corrected chi connectivity index (χ3v) is 12.5. The fraction of sp³-hybridized carbons (Fsp3) is 0.538. The molecular formula is C26H36BrFN4O5Si. The summed E-state index contributed by atoms with van der Waals surface area (Å²) in [4.78, 5) is 8.87. The molecule has 4 rings (SSSR count). The summed E-state index contributed by atoms with van der Waals surface area (Å²) < 4.78 is 41.5. The van der Waals surface area contributed by atoms with Crippen LogP contribution in [0.3, 0.4) is 0 Å². The molecule has 0 amide bonds. The predicted octanol–water partition coefficient (Wildman–Crippen LogP) is 5.44. The van der Waals surface area contributed by atoms with Crippen LogP contribution in [0, 0.1) is 0 Å². The number of halogens is 2. The normalized spacial score (nSPS) is 22.2. The SMILES string of the molecule is COc1ccc(CNc2ncnc3c2c(Br)cn3[C@@H]2O[C@H](CO)[C@@H](O[Si](C)(C)C(C)(C)C)[C@@H]2F)c(OC)c1. The number of rotatable bonds is 9. The average molecular weight is 612 g/mol. The quantitative estimate of drug-likeness (QED) is 0.309. The van der Waals surface area contributed by atoms with Gasteiger partial charge in [0.1, 0.15) is 41.5 Å². The van der Waals surface area contributed by atoms with Crippen molar-refractivity contribution in [1.29, 1.82) is 0 Å². The van der Waals surface area contributed by atoms with Crippen LogP contribution in [0.4, 0.5) is 10.2 Å². The molecule has 3 heterocycles. The molecule has 4 atom stereocenters. The van der Waals surface area contributed by atoms with Crippen LogP contribution < -0.4 is 14.8 Å². The van der Waals surface area contributed by atoms with Gasteiger partial charge in [0.15, 0.2) is 20.7 Å². The molecule has 208 valence electrons. The lowest BCUT2D eigenvalue weighted by molar-refractivity contribution is -0.0444. The number of anilines is 1. The minimum atomic E-state index is -2.32. The minimum absolute atomic E-state index is 0.117. The standard InChI is InChI=1S/C26H36BrFN4O5Si/c1-26(2,3)38(6,7)37-22-19(13-33)36-25(21(22)28)32-12-17(27)20-23(30-14-31-24(20)32)29-11-15-8-9-16(34-4)10-18(15)35-5/h8-10,12,14,19,21-22,25,33H,11,13H2,1-7H3,(H,29,30,31)/t19-,21+,22-,25-/m1/s1. The third kappa shape index (κ3) is 5.42. The van der Waals surface area contributed by atoms with E-state index in [9.17, 15) is 5.11 Å². The highest BCUT2D eigenvalue weighted by Crippen LogP contribution is 2.43. The van der Waals surface area contributed by atoms with E-state index in [2.05, 4.69) is 65.1 Å². The Morgan fingerprint density at radius 2 is 1.95 bits per heavy atom. The maximum absolute atomic E-state index is 16.0. The monoisotopic (exact) mass is 610 g/mol. The number of alkyl halides is 1. The molecule has 1 fully saturated rings. The van der Waals surface area contributed by atoms with Crippen LogP contribution in [0.25, 0.3) is 11.0 Å². The maximum atomic E-state index is 16.0. The number of ether oxygens (including phenoxy) is 3. The second-order valence-electron chi connectivity index (χ2n) is 10.9. The number of aromatic nitrogens is 3. The van der Waals surface area contributed by atoms with Crippen molar-refractivity contribution in [3.05, 3.63) is 40.8 Å². The van der Waals surface area contributed by atoms with Gasteiger partial charge in [0.05, 0.1) is 26.2 Å². The van der Waals surface area contributed by atoms with Crippen LogP contribution in [0.2, 0.25) is 18.1 Å². The summed E-state index contributed by atoms with van der Waals surface area (Å²) in [5.74, 6) is 1.95. The summed E-state index contributed by atoms with van der Waals surface area (Å²) in [6.07, 6.45) is -1.03. The van der Waals surface area contributed by atoms with Crippen molar-refractivity contribution < 1.29 is 28.1 Å². The first-order valence-electron chi connectivity index (χ1n) is 12.5. The average Bonchev–Trinajstić information content (AvgIpc) is 3.38. The lowest BCUT2D eigenvalue weighted by Gasteiger charge is -2.39. The van der Waals surface area contributed by atoms with Gasteiger partial charge in [-0.3, -0.25) is 0 Å². The Bertz CT molecular complexity index is 1280. The van der Waals surface area contributed by atoms with E-state index in [4.69, 9.17) is 18.6 Å². The van der Waals surface area contributed by atoms with E-state index < -0.39 is 32.9 Å². The highest BCUT2D eigenvalue weighted by molar-refractivity contribution is 9.10. The molecule has 1 saturated heterocycles. The second-order valence-corrected chi connectivity index (χ2v) is 16.5. The smallest absolute Gasteiger partial charge is 0.192 e. The lowest BCUT2D eigenvalue weighted by atomic mass is 10.1. The third-order valence-electron chi connectivity index (χ3n) is 7.46. The van der Waals surface area contributed by atoms with E-state index in [1.165, 1.54) is 6.33 Å². The molecule has 0 aliphatic carbocycles. The largest absolute Gasteiger partial charge is 0.497 e. The van der Waals surface area contributed by atoms with Gasteiger partial charge in [-0.2, -0.15) is 0 Å². The van der Waals surface area contributed by atoms with Crippen LogP contribution >= 0.6 is 15.9 Å².